The molecule has 0 aliphatic heterocycles. The van der Waals surface area contributed by atoms with Crippen molar-refractivity contribution in [1.82, 2.24) is 0 Å². The molecule has 0 radical (unpaired) electrons. The van der Waals surface area contributed by atoms with Crippen molar-refractivity contribution < 1.29 is 9.18 Å². The van der Waals surface area contributed by atoms with Gasteiger partial charge < -0.3 is 0 Å². The monoisotopic (exact) mass is 304 g/mol. The number of benzene rings is 2. The van der Waals surface area contributed by atoms with E-state index in [-0.39, 0.29) is 11.6 Å². The summed E-state index contributed by atoms with van der Waals surface area (Å²) >= 11 is 1.90. The third kappa shape index (κ3) is 4.05. The van der Waals surface area contributed by atoms with Crippen LogP contribution in [0.2, 0.25) is 19.6 Å². The van der Waals surface area contributed by atoms with Gasteiger partial charge in [-0.05, 0) is 48.5 Å². The highest BCUT2D eigenvalue weighted by atomic mass is 32.4. The molecular weight excluding hydrogens is 287 g/mol. The molecule has 2 rings (SSSR count). The van der Waals surface area contributed by atoms with Gasteiger partial charge in [-0.2, -0.15) is 11.2 Å². The molecule has 0 aliphatic rings. The molecule has 0 saturated heterocycles. The fourth-order valence-electron chi connectivity index (χ4n) is 1.80. The predicted molar refractivity (Wildman–Crippen MR) is 85.5 cm³/mol. The number of carbonyl (C=O) groups is 1. The Morgan fingerprint density at radius 1 is 0.900 bits per heavy atom. The molecule has 0 N–H and O–H groups in total. The summed E-state index contributed by atoms with van der Waals surface area (Å²) in [6.45, 7) is 6.86. The first kappa shape index (κ1) is 15.0. The second kappa shape index (κ2) is 5.93. The Labute approximate surface area is 123 Å². The minimum atomic E-state index is -1.22. The first-order chi connectivity index (χ1) is 9.35. The third-order valence-electron chi connectivity index (χ3n) is 2.65. The molecule has 0 aromatic heterocycles. The van der Waals surface area contributed by atoms with E-state index in [1.54, 1.807) is 0 Å². The van der Waals surface area contributed by atoms with Gasteiger partial charge in [0.1, 0.15) is 13.0 Å². The summed E-state index contributed by atoms with van der Waals surface area (Å²) in [5.41, 5.74) is 1.15. The summed E-state index contributed by atoms with van der Waals surface area (Å²) < 4.78 is 12.9. The van der Waals surface area contributed by atoms with E-state index in [0.717, 1.165) is 0 Å². The van der Waals surface area contributed by atoms with E-state index >= 15 is 0 Å². The maximum atomic E-state index is 12.9. The van der Waals surface area contributed by atoms with Gasteiger partial charge in [0.25, 0.3) is 0 Å². The van der Waals surface area contributed by atoms with Gasteiger partial charge in [0.05, 0.1) is 0 Å². The molecule has 2 aromatic rings. The van der Waals surface area contributed by atoms with Crippen molar-refractivity contribution in [3.05, 3.63) is 65.5 Å². The number of rotatable bonds is 4. The SMILES string of the molecule is C[Si](C)(C)Sc1ccc(C(=O)c2ccc(F)cc2)cc1. The van der Waals surface area contributed by atoms with Crippen LogP contribution in [0.3, 0.4) is 0 Å². The summed E-state index contributed by atoms with van der Waals surface area (Å²) in [5, 5.41) is 0. The van der Waals surface area contributed by atoms with Gasteiger partial charge in [-0.3, -0.25) is 4.79 Å². The van der Waals surface area contributed by atoms with E-state index in [0.29, 0.717) is 11.1 Å². The van der Waals surface area contributed by atoms with E-state index in [4.69, 9.17) is 0 Å². The van der Waals surface area contributed by atoms with Crippen LogP contribution in [0.15, 0.2) is 53.4 Å². The Kier molecular flexibility index (Phi) is 4.45. The van der Waals surface area contributed by atoms with Crippen molar-refractivity contribution in [3.8, 4) is 0 Å². The van der Waals surface area contributed by atoms with Crippen LogP contribution >= 0.6 is 11.2 Å². The molecule has 0 heterocycles. The van der Waals surface area contributed by atoms with Crippen LogP contribution in [-0.2, 0) is 0 Å². The minimum absolute atomic E-state index is 0.0745. The number of halogens is 1. The predicted octanol–water partition coefficient (Wildman–Crippen LogP) is 4.98. The summed E-state index contributed by atoms with van der Waals surface area (Å²) in [7, 11) is -1.22. The topological polar surface area (TPSA) is 17.1 Å². The summed E-state index contributed by atoms with van der Waals surface area (Å²) in [4.78, 5) is 13.4. The van der Waals surface area contributed by atoms with Gasteiger partial charge in [-0.25, -0.2) is 4.39 Å². The highest BCUT2D eigenvalue weighted by molar-refractivity contribution is 8.28. The highest BCUT2D eigenvalue weighted by Gasteiger charge is 2.15. The van der Waals surface area contributed by atoms with Gasteiger partial charge in [-0.1, -0.05) is 19.6 Å². The lowest BCUT2D eigenvalue weighted by molar-refractivity contribution is 0.103. The van der Waals surface area contributed by atoms with Crippen LogP contribution in [0.25, 0.3) is 0 Å². The number of carbonyl (C=O) groups excluding carboxylic acids is 1. The number of hydrogen-bond acceptors (Lipinski definition) is 2. The number of hydrogen-bond donors (Lipinski definition) is 0. The van der Waals surface area contributed by atoms with Crippen molar-refractivity contribution in [2.24, 2.45) is 0 Å². The molecule has 1 nitrogen and oxygen atoms in total. The van der Waals surface area contributed by atoms with E-state index in [2.05, 4.69) is 19.6 Å². The lowest BCUT2D eigenvalue weighted by Gasteiger charge is -2.15. The van der Waals surface area contributed by atoms with E-state index in [9.17, 15) is 9.18 Å². The maximum Gasteiger partial charge on any atom is 0.193 e. The fourth-order valence-corrected chi connectivity index (χ4v) is 5.30. The smallest absolute Gasteiger partial charge is 0.193 e. The molecule has 2 aromatic carbocycles. The summed E-state index contributed by atoms with van der Waals surface area (Å²) in [5.74, 6) is -0.405. The van der Waals surface area contributed by atoms with Gasteiger partial charge in [0.2, 0.25) is 0 Å². The van der Waals surface area contributed by atoms with Gasteiger partial charge in [-0.15, -0.1) is 0 Å². The zero-order valence-corrected chi connectivity index (χ0v) is 13.6. The zero-order chi connectivity index (χ0) is 14.8. The van der Waals surface area contributed by atoms with Crippen molar-refractivity contribution in [2.45, 2.75) is 24.5 Å². The standard InChI is InChI=1S/C16H17FOSSi/c1-20(2,3)19-15-10-6-13(7-11-15)16(18)12-4-8-14(17)9-5-12/h4-11H,1-3H3. The Balaban J connectivity index is 2.17. The van der Waals surface area contributed by atoms with Crippen molar-refractivity contribution in [3.63, 3.8) is 0 Å². The van der Waals surface area contributed by atoms with Crippen LogP contribution in [-0.4, -0.2) is 13.0 Å². The molecule has 0 aliphatic carbocycles. The van der Waals surface area contributed by atoms with Gasteiger partial charge in [0.15, 0.2) is 5.78 Å². The Morgan fingerprint density at radius 3 is 1.80 bits per heavy atom. The minimum Gasteiger partial charge on any atom is -0.289 e. The quantitative estimate of drug-likeness (QED) is 0.585. The average molecular weight is 304 g/mol. The Morgan fingerprint density at radius 2 is 1.35 bits per heavy atom. The lowest BCUT2D eigenvalue weighted by Crippen LogP contribution is -2.13. The van der Waals surface area contributed by atoms with Crippen LogP contribution in [0.4, 0.5) is 4.39 Å². The second-order valence-electron chi connectivity index (χ2n) is 5.57. The van der Waals surface area contributed by atoms with Crippen LogP contribution in [0.1, 0.15) is 15.9 Å². The highest BCUT2D eigenvalue weighted by Crippen LogP contribution is 2.29. The molecule has 0 bridgehead atoms. The van der Waals surface area contributed by atoms with E-state index < -0.39 is 7.22 Å². The molecule has 0 atom stereocenters. The van der Waals surface area contributed by atoms with E-state index in [1.807, 2.05) is 35.5 Å². The Bertz CT molecular complexity index is 600. The van der Waals surface area contributed by atoms with Crippen LogP contribution in [0.5, 0.6) is 0 Å². The molecule has 4 heteroatoms. The van der Waals surface area contributed by atoms with Crippen molar-refractivity contribution >= 4 is 24.2 Å². The Hall–Kier alpha value is -1.39. The summed E-state index contributed by atoms with van der Waals surface area (Å²) in [6, 6.07) is 13.3. The first-order valence-corrected chi connectivity index (χ1v) is 11.5. The average Bonchev–Trinajstić information content (AvgIpc) is 2.38. The summed E-state index contributed by atoms with van der Waals surface area (Å²) in [6.07, 6.45) is 0. The van der Waals surface area contributed by atoms with Crippen molar-refractivity contribution in [2.75, 3.05) is 0 Å². The molecule has 0 spiro atoms. The fraction of sp³-hybridized carbons (Fsp3) is 0.188. The molecule has 0 fully saturated rings. The van der Waals surface area contributed by atoms with Gasteiger partial charge in [0, 0.05) is 16.0 Å². The molecule has 0 unspecified atom stereocenters. The number of ketones is 1. The van der Waals surface area contributed by atoms with Crippen molar-refractivity contribution in [1.29, 1.82) is 0 Å². The normalized spacial score (nSPS) is 11.4. The molecule has 0 amide bonds. The lowest BCUT2D eigenvalue weighted by atomic mass is 10.0. The van der Waals surface area contributed by atoms with Crippen LogP contribution < -0.4 is 0 Å². The molecule has 104 valence electrons. The van der Waals surface area contributed by atoms with E-state index in [1.165, 1.54) is 29.2 Å². The largest absolute Gasteiger partial charge is 0.289 e. The zero-order valence-electron chi connectivity index (χ0n) is 11.8. The molecule has 0 saturated carbocycles. The first-order valence-electron chi connectivity index (χ1n) is 6.44. The van der Waals surface area contributed by atoms with Gasteiger partial charge >= 0.3 is 0 Å². The molecule has 20 heavy (non-hydrogen) atoms. The molecular formula is C16H17FOSSi. The van der Waals surface area contributed by atoms with Crippen LogP contribution in [0, 0.1) is 5.82 Å². The second-order valence-corrected chi connectivity index (χ2v) is 14.8. The maximum absolute atomic E-state index is 12.9. The third-order valence-corrected chi connectivity index (χ3v) is 6.31.